The third kappa shape index (κ3) is 2.82. The zero-order valence-electron chi connectivity index (χ0n) is 11.8. The van der Waals surface area contributed by atoms with Crippen LogP contribution >= 0.6 is 0 Å². The largest absolute Gasteiger partial charge is 0.480 e. The molecule has 2 rings (SSSR count). The lowest BCUT2D eigenvalue weighted by Gasteiger charge is -2.20. The number of amides is 1. The lowest BCUT2D eigenvalue weighted by molar-refractivity contribution is 0.0920. The van der Waals surface area contributed by atoms with E-state index >= 15 is 0 Å². The number of hydrogen-bond acceptors (Lipinski definition) is 6. The van der Waals surface area contributed by atoms with Gasteiger partial charge in [0.2, 0.25) is 11.8 Å². The fraction of sp³-hybridized carbons (Fsp3) is 0.615. The van der Waals surface area contributed by atoms with Crippen molar-refractivity contribution < 1.29 is 14.3 Å². The van der Waals surface area contributed by atoms with Gasteiger partial charge in [-0.3, -0.25) is 4.79 Å². The minimum atomic E-state index is -0.287. The van der Waals surface area contributed by atoms with Gasteiger partial charge in [0.05, 0.1) is 14.2 Å². The van der Waals surface area contributed by atoms with Crippen molar-refractivity contribution in [1.82, 2.24) is 15.3 Å². The van der Waals surface area contributed by atoms with E-state index in [1.165, 1.54) is 20.5 Å². The van der Waals surface area contributed by atoms with Gasteiger partial charge in [-0.15, -0.1) is 0 Å². The van der Waals surface area contributed by atoms with Crippen molar-refractivity contribution in [2.45, 2.75) is 25.3 Å². The minimum absolute atomic E-state index is 0.0853. The van der Waals surface area contributed by atoms with Gasteiger partial charge in [0.15, 0.2) is 5.56 Å². The molecular weight excluding hydrogens is 260 g/mol. The second-order valence-corrected chi connectivity index (χ2v) is 4.77. The Bertz CT molecular complexity index is 458. The summed E-state index contributed by atoms with van der Waals surface area (Å²) in [6.07, 6.45) is 4.35. The van der Waals surface area contributed by atoms with E-state index in [2.05, 4.69) is 15.3 Å². The summed E-state index contributed by atoms with van der Waals surface area (Å²) in [5.41, 5.74) is 5.95. The van der Waals surface area contributed by atoms with Crippen LogP contribution in [0.15, 0.2) is 6.33 Å². The first-order valence-corrected chi connectivity index (χ1v) is 6.65. The van der Waals surface area contributed by atoms with Gasteiger partial charge < -0.3 is 20.5 Å². The van der Waals surface area contributed by atoms with Gasteiger partial charge in [-0.05, 0) is 25.3 Å². The van der Waals surface area contributed by atoms with Gasteiger partial charge in [0.1, 0.15) is 6.33 Å². The number of nitrogens with zero attached hydrogens (tertiary/aromatic N) is 2. The van der Waals surface area contributed by atoms with Crippen LogP contribution in [0.4, 0.5) is 0 Å². The molecule has 7 nitrogen and oxygen atoms in total. The molecule has 0 spiro atoms. The van der Waals surface area contributed by atoms with Gasteiger partial charge >= 0.3 is 0 Å². The summed E-state index contributed by atoms with van der Waals surface area (Å²) in [4.78, 5) is 20.3. The summed E-state index contributed by atoms with van der Waals surface area (Å²) in [6.45, 7) is 0.574. The predicted molar refractivity (Wildman–Crippen MR) is 72.8 cm³/mol. The second kappa shape index (κ2) is 6.51. The third-order valence-electron chi connectivity index (χ3n) is 3.67. The van der Waals surface area contributed by atoms with E-state index in [0.717, 1.165) is 19.3 Å². The van der Waals surface area contributed by atoms with Gasteiger partial charge in [-0.25, -0.2) is 9.97 Å². The van der Waals surface area contributed by atoms with Crippen molar-refractivity contribution in [1.29, 1.82) is 0 Å². The summed E-state index contributed by atoms with van der Waals surface area (Å²) in [5.74, 6) is 0.443. The lowest BCUT2D eigenvalue weighted by atomic mass is 10.0. The Hall–Kier alpha value is -1.89. The quantitative estimate of drug-likeness (QED) is 0.807. The highest BCUT2D eigenvalue weighted by molar-refractivity contribution is 5.98. The summed E-state index contributed by atoms with van der Waals surface area (Å²) in [6, 6.07) is 0.0853. The molecule has 3 N–H and O–H groups in total. The average Bonchev–Trinajstić information content (AvgIpc) is 2.93. The zero-order valence-corrected chi connectivity index (χ0v) is 11.8. The molecule has 0 aromatic carbocycles. The Kier molecular flexibility index (Phi) is 4.73. The highest BCUT2D eigenvalue weighted by Crippen LogP contribution is 2.27. The third-order valence-corrected chi connectivity index (χ3v) is 3.67. The van der Waals surface area contributed by atoms with Crippen LogP contribution < -0.4 is 20.5 Å². The maximum absolute atomic E-state index is 12.4. The molecule has 0 saturated heterocycles. The molecule has 1 aromatic heterocycles. The van der Waals surface area contributed by atoms with Crippen molar-refractivity contribution in [3.8, 4) is 11.8 Å². The van der Waals surface area contributed by atoms with Gasteiger partial charge in [-0.2, -0.15) is 0 Å². The Labute approximate surface area is 117 Å². The van der Waals surface area contributed by atoms with Gasteiger partial charge in [0.25, 0.3) is 5.91 Å². The van der Waals surface area contributed by atoms with Crippen LogP contribution in [0.25, 0.3) is 0 Å². The molecule has 0 radical (unpaired) electrons. The van der Waals surface area contributed by atoms with Crippen LogP contribution in [-0.2, 0) is 0 Å². The number of aromatic nitrogens is 2. The maximum Gasteiger partial charge on any atom is 0.262 e. The van der Waals surface area contributed by atoms with E-state index in [0.29, 0.717) is 12.5 Å². The first-order chi connectivity index (χ1) is 9.71. The molecule has 1 fully saturated rings. The van der Waals surface area contributed by atoms with E-state index < -0.39 is 0 Å². The monoisotopic (exact) mass is 280 g/mol. The molecule has 1 aliphatic carbocycles. The van der Waals surface area contributed by atoms with E-state index in [4.69, 9.17) is 15.2 Å². The van der Waals surface area contributed by atoms with Gasteiger partial charge in [-0.1, -0.05) is 6.42 Å². The first-order valence-electron chi connectivity index (χ1n) is 6.65. The smallest absolute Gasteiger partial charge is 0.262 e. The summed E-state index contributed by atoms with van der Waals surface area (Å²) in [5, 5.41) is 2.99. The zero-order chi connectivity index (χ0) is 14.5. The topological polar surface area (TPSA) is 99.4 Å². The van der Waals surface area contributed by atoms with E-state index in [1.54, 1.807) is 0 Å². The number of nitrogens with two attached hydrogens (primary N) is 1. The lowest BCUT2D eigenvalue weighted by Crippen LogP contribution is -2.40. The van der Waals surface area contributed by atoms with Crippen LogP contribution in [-0.4, -0.2) is 42.7 Å². The van der Waals surface area contributed by atoms with E-state index in [9.17, 15) is 4.79 Å². The molecule has 20 heavy (non-hydrogen) atoms. The molecule has 1 aliphatic rings. The highest BCUT2D eigenvalue weighted by atomic mass is 16.5. The predicted octanol–water partition coefficient (Wildman–Crippen LogP) is 0.351. The molecule has 0 bridgehead atoms. The molecule has 110 valence electrons. The van der Waals surface area contributed by atoms with Crippen molar-refractivity contribution in [2.24, 2.45) is 11.7 Å². The Balaban J connectivity index is 2.20. The number of carbonyl (C=O) groups is 1. The van der Waals surface area contributed by atoms with Crippen molar-refractivity contribution in [3.63, 3.8) is 0 Å². The number of nitrogens with one attached hydrogen (secondary N) is 1. The number of methoxy groups -OCH3 is 2. The normalized spacial score (nSPS) is 21.6. The van der Waals surface area contributed by atoms with Crippen LogP contribution in [0, 0.1) is 5.92 Å². The number of rotatable bonds is 5. The molecule has 1 amide bonds. The standard InChI is InChI=1S/C13H20N4O3/c1-19-12-10(13(20-2)16-7-15-12)11(18)17-9-5-3-4-8(9)6-14/h7-9H,3-6,14H2,1-2H3,(H,17,18)/t8-,9-/m0/s1. The second-order valence-electron chi connectivity index (χ2n) is 4.77. The van der Waals surface area contributed by atoms with Crippen molar-refractivity contribution in [2.75, 3.05) is 20.8 Å². The van der Waals surface area contributed by atoms with Gasteiger partial charge in [0, 0.05) is 6.04 Å². The molecule has 0 aliphatic heterocycles. The van der Waals surface area contributed by atoms with Crippen LogP contribution in [0.5, 0.6) is 11.8 Å². The van der Waals surface area contributed by atoms with Crippen LogP contribution in [0.1, 0.15) is 29.6 Å². The van der Waals surface area contributed by atoms with E-state index in [1.807, 2.05) is 0 Å². The Morgan fingerprint density at radius 3 is 2.55 bits per heavy atom. The Morgan fingerprint density at radius 2 is 2.00 bits per heavy atom. The number of ether oxygens (including phenoxy) is 2. The average molecular weight is 280 g/mol. The maximum atomic E-state index is 12.4. The van der Waals surface area contributed by atoms with Crippen LogP contribution in [0.2, 0.25) is 0 Å². The molecular formula is C13H20N4O3. The minimum Gasteiger partial charge on any atom is -0.480 e. The molecule has 1 heterocycles. The first kappa shape index (κ1) is 14.5. The Morgan fingerprint density at radius 1 is 1.35 bits per heavy atom. The van der Waals surface area contributed by atoms with E-state index in [-0.39, 0.29) is 29.3 Å². The van der Waals surface area contributed by atoms with Crippen molar-refractivity contribution >= 4 is 5.91 Å². The summed E-state index contributed by atoms with van der Waals surface area (Å²) < 4.78 is 10.2. The number of carbonyl (C=O) groups excluding carboxylic acids is 1. The highest BCUT2D eigenvalue weighted by Gasteiger charge is 2.30. The number of hydrogen-bond donors (Lipinski definition) is 2. The van der Waals surface area contributed by atoms with Crippen molar-refractivity contribution in [3.05, 3.63) is 11.9 Å². The SMILES string of the molecule is COc1ncnc(OC)c1C(=O)N[C@H]1CCC[C@H]1CN. The summed E-state index contributed by atoms with van der Waals surface area (Å²) in [7, 11) is 2.91. The fourth-order valence-electron chi connectivity index (χ4n) is 2.61. The summed E-state index contributed by atoms with van der Waals surface area (Å²) >= 11 is 0. The molecule has 2 atom stereocenters. The molecule has 1 saturated carbocycles. The molecule has 0 unspecified atom stereocenters. The molecule has 1 aromatic rings. The molecule has 7 heteroatoms. The fourth-order valence-corrected chi connectivity index (χ4v) is 2.61. The van der Waals surface area contributed by atoms with Crippen LogP contribution in [0.3, 0.4) is 0 Å².